The van der Waals surface area contributed by atoms with Crippen LogP contribution in [0.25, 0.3) is 17.0 Å². The zero-order chi connectivity index (χ0) is 21.4. The first-order valence-electron chi connectivity index (χ1n) is 9.34. The van der Waals surface area contributed by atoms with Crippen molar-refractivity contribution in [3.8, 4) is 0 Å². The summed E-state index contributed by atoms with van der Waals surface area (Å²) in [6, 6.07) is 5.69. The topological polar surface area (TPSA) is 83.9 Å². The van der Waals surface area contributed by atoms with Crippen LogP contribution >= 0.6 is 28.1 Å². The van der Waals surface area contributed by atoms with Crippen molar-refractivity contribution >= 4 is 68.0 Å². The van der Waals surface area contributed by atoms with Crippen LogP contribution in [-0.4, -0.2) is 70.6 Å². The molecule has 0 saturated carbocycles. The molecule has 1 aromatic carbocycles. The van der Waals surface area contributed by atoms with E-state index in [1.54, 1.807) is 17.2 Å². The fourth-order valence-electron chi connectivity index (χ4n) is 3.50. The molecule has 1 N–H and O–H groups in total. The van der Waals surface area contributed by atoms with Gasteiger partial charge in [-0.1, -0.05) is 15.9 Å². The van der Waals surface area contributed by atoms with Crippen LogP contribution in [0.4, 0.5) is 0 Å². The van der Waals surface area contributed by atoms with Crippen LogP contribution < -0.4 is 5.32 Å². The largest absolute Gasteiger partial charge is 0.378 e. The van der Waals surface area contributed by atoms with Gasteiger partial charge in [-0.2, -0.15) is 0 Å². The zero-order valence-corrected chi connectivity index (χ0v) is 18.6. The van der Waals surface area contributed by atoms with Crippen molar-refractivity contribution in [3.63, 3.8) is 0 Å². The zero-order valence-electron chi connectivity index (χ0n) is 16.2. The predicted molar refractivity (Wildman–Crippen MR) is 119 cm³/mol. The van der Waals surface area contributed by atoms with Gasteiger partial charge in [0.25, 0.3) is 11.8 Å². The van der Waals surface area contributed by atoms with Crippen LogP contribution in [0.1, 0.15) is 5.56 Å². The molecule has 0 radical (unpaired) electrons. The number of hydrogen-bond acceptors (Lipinski definition) is 5. The van der Waals surface area contributed by atoms with Crippen LogP contribution in [0.5, 0.6) is 0 Å². The maximum absolute atomic E-state index is 12.7. The fraction of sp³-hybridized carbons (Fsp3) is 0.300. The molecule has 30 heavy (non-hydrogen) atoms. The number of likely N-dealkylation sites (N-methyl/N-ethyl adjacent to an activating group) is 1. The fourth-order valence-corrected chi connectivity index (χ4v) is 4.04. The predicted octanol–water partition coefficient (Wildman–Crippen LogP) is 1.52. The molecule has 3 amide bonds. The minimum absolute atomic E-state index is 0.00566. The van der Waals surface area contributed by atoms with E-state index in [4.69, 9.17) is 17.0 Å². The highest BCUT2D eigenvalue weighted by molar-refractivity contribution is 9.10. The monoisotopic (exact) mass is 490 g/mol. The Bertz CT molecular complexity index is 1100. The Hall–Kier alpha value is -2.56. The van der Waals surface area contributed by atoms with Crippen molar-refractivity contribution in [2.75, 3.05) is 33.4 Å². The standard InChI is InChI=1S/C20H19BrN4O4S/c1-23-19(28)15(18(27)22-20(23)30)8-12-10-25(16-3-2-13(21)9-14(12)16)11-17(26)24-4-6-29-7-5-24/h2-3,8-10H,4-7,11H2,1H3,(H,22,27,30). The molecule has 2 aliphatic heterocycles. The third kappa shape index (κ3) is 3.90. The molecule has 2 fully saturated rings. The lowest BCUT2D eigenvalue weighted by atomic mass is 10.1. The lowest BCUT2D eigenvalue weighted by molar-refractivity contribution is -0.135. The minimum Gasteiger partial charge on any atom is -0.378 e. The number of amides is 3. The second kappa shape index (κ2) is 8.29. The second-order valence-corrected chi connectivity index (χ2v) is 8.35. The maximum Gasteiger partial charge on any atom is 0.265 e. The molecule has 2 saturated heterocycles. The average molecular weight is 491 g/mol. The van der Waals surface area contributed by atoms with Crippen molar-refractivity contribution in [1.82, 2.24) is 19.7 Å². The van der Waals surface area contributed by atoms with Gasteiger partial charge in [-0.05, 0) is 36.5 Å². The summed E-state index contributed by atoms with van der Waals surface area (Å²) in [7, 11) is 1.51. The van der Waals surface area contributed by atoms with Gasteiger partial charge < -0.3 is 14.2 Å². The first-order valence-corrected chi connectivity index (χ1v) is 10.5. The van der Waals surface area contributed by atoms with Gasteiger partial charge in [-0.25, -0.2) is 0 Å². The van der Waals surface area contributed by atoms with Crippen molar-refractivity contribution in [2.45, 2.75) is 6.54 Å². The lowest BCUT2D eigenvalue weighted by Gasteiger charge is -2.27. The molecule has 1 aromatic heterocycles. The van der Waals surface area contributed by atoms with E-state index < -0.39 is 11.8 Å². The number of benzene rings is 1. The van der Waals surface area contributed by atoms with Gasteiger partial charge in [0, 0.05) is 47.3 Å². The number of aromatic nitrogens is 1. The number of thiocarbonyl (C=S) groups is 1. The minimum atomic E-state index is -0.539. The number of fused-ring (bicyclic) bond motifs is 1. The van der Waals surface area contributed by atoms with Crippen molar-refractivity contribution < 1.29 is 19.1 Å². The molecule has 0 aliphatic carbocycles. The summed E-state index contributed by atoms with van der Waals surface area (Å²) >= 11 is 8.46. The number of ether oxygens (including phenoxy) is 1. The molecule has 2 aliphatic rings. The van der Waals surface area contributed by atoms with Gasteiger partial charge >= 0.3 is 0 Å². The summed E-state index contributed by atoms with van der Waals surface area (Å²) in [6.45, 7) is 2.37. The van der Waals surface area contributed by atoms with Crippen LogP contribution in [0.3, 0.4) is 0 Å². The van der Waals surface area contributed by atoms with Crippen LogP contribution in [0, 0.1) is 0 Å². The number of nitrogens with one attached hydrogen (secondary N) is 1. The van der Waals surface area contributed by atoms with E-state index in [0.29, 0.717) is 31.9 Å². The lowest BCUT2D eigenvalue weighted by Crippen LogP contribution is -2.52. The first-order chi connectivity index (χ1) is 14.3. The third-order valence-corrected chi connectivity index (χ3v) is 6.02. The molecule has 0 unspecified atom stereocenters. The summed E-state index contributed by atoms with van der Waals surface area (Å²) in [5, 5.41) is 3.41. The van der Waals surface area contributed by atoms with Crippen LogP contribution in [0.15, 0.2) is 34.4 Å². The van der Waals surface area contributed by atoms with Crippen molar-refractivity contribution in [3.05, 3.63) is 40.0 Å². The summed E-state index contributed by atoms with van der Waals surface area (Å²) in [5.74, 6) is -1.01. The maximum atomic E-state index is 12.7. The number of nitrogens with zero attached hydrogens (tertiary/aromatic N) is 3. The number of halogens is 1. The number of carbonyl (C=O) groups is 3. The molecule has 156 valence electrons. The Labute approximate surface area is 186 Å². The summed E-state index contributed by atoms with van der Waals surface area (Å²) < 4.78 is 8.00. The molecule has 0 spiro atoms. The molecule has 0 atom stereocenters. The Kier molecular flexibility index (Phi) is 5.72. The van der Waals surface area contributed by atoms with Crippen molar-refractivity contribution in [1.29, 1.82) is 0 Å². The third-order valence-electron chi connectivity index (χ3n) is 5.15. The van der Waals surface area contributed by atoms with E-state index in [0.717, 1.165) is 15.4 Å². The first kappa shape index (κ1) is 20.7. The molecular weight excluding hydrogens is 472 g/mol. The highest BCUT2D eigenvalue weighted by Crippen LogP contribution is 2.28. The Balaban J connectivity index is 1.73. The SMILES string of the molecule is CN1C(=O)C(=Cc2cn(CC(=O)N3CCOCC3)c3ccc(Br)cc23)C(=O)NC1=S. The van der Waals surface area contributed by atoms with E-state index in [1.807, 2.05) is 22.8 Å². The van der Waals surface area contributed by atoms with Gasteiger partial charge in [0.05, 0.1) is 13.2 Å². The molecule has 2 aromatic rings. The molecule has 0 bridgehead atoms. The van der Waals surface area contributed by atoms with E-state index in [1.165, 1.54) is 11.9 Å². The normalized spacial score (nSPS) is 19.0. The summed E-state index contributed by atoms with van der Waals surface area (Å²) in [5.41, 5.74) is 1.49. The molecule has 3 heterocycles. The Morgan fingerprint density at radius 2 is 2.03 bits per heavy atom. The number of carbonyl (C=O) groups excluding carboxylic acids is 3. The van der Waals surface area contributed by atoms with E-state index in [2.05, 4.69) is 21.2 Å². The van der Waals surface area contributed by atoms with E-state index in [-0.39, 0.29) is 23.1 Å². The molecular formula is C20H19BrN4O4S. The molecule has 8 nitrogen and oxygen atoms in total. The highest BCUT2D eigenvalue weighted by atomic mass is 79.9. The Morgan fingerprint density at radius 3 is 2.77 bits per heavy atom. The Morgan fingerprint density at radius 1 is 1.30 bits per heavy atom. The number of hydrogen-bond donors (Lipinski definition) is 1. The van der Waals surface area contributed by atoms with E-state index >= 15 is 0 Å². The molecule has 10 heteroatoms. The van der Waals surface area contributed by atoms with Gasteiger partial charge in [0.2, 0.25) is 5.91 Å². The summed E-state index contributed by atoms with van der Waals surface area (Å²) in [4.78, 5) is 40.7. The van der Waals surface area contributed by atoms with Gasteiger partial charge in [0.1, 0.15) is 12.1 Å². The van der Waals surface area contributed by atoms with Crippen molar-refractivity contribution in [2.24, 2.45) is 0 Å². The van der Waals surface area contributed by atoms with Gasteiger partial charge in [0.15, 0.2) is 5.11 Å². The van der Waals surface area contributed by atoms with Crippen LogP contribution in [-0.2, 0) is 25.7 Å². The smallest absolute Gasteiger partial charge is 0.265 e. The van der Waals surface area contributed by atoms with Gasteiger partial charge in [-0.3, -0.25) is 24.6 Å². The highest BCUT2D eigenvalue weighted by Gasteiger charge is 2.31. The van der Waals surface area contributed by atoms with E-state index in [9.17, 15) is 14.4 Å². The average Bonchev–Trinajstić information content (AvgIpc) is 3.06. The number of rotatable bonds is 3. The molecule has 4 rings (SSSR count). The van der Waals surface area contributed by atoms with Crippen LogP contribution in [0.2, 0.25) is 0 Å². The summed E-state index contributed by atoms with van der Waals surface area (Å²) in [6.07, 6.45) is 3.33. The van der Waals surface area contributed by atoms with Gasteiger partial charge in [-0.15, -0.1) is 0 Å². The number of morpholine rings is 1. The second-order valence-electron chi connectivity index (χ2n) is 7.05. The quantitative estimate of drug-likeness (QED) is 0.400.